The Balaban J connectivity index is 1.60. The van der Waals surface area contributed by atoms with Crippen molar-refractivity contribution in [1.82, 2.24) is 19.5 Å². The molecule has 0 saturated carbocycles. The van der Waals surface area contributed by atoms with E-state index in [1.807, 2.05) is 24.3 Å². The molecule has 28 heavy (non-hydrogen) atoms. The van der Waals surface area contributed by atoms with Gasteiger partial charge in [-0.3, -0.25) is 14.4 Å². The zero-order valence-electron chi connectivity index (χ0n) is 15.6. The van der Waals surface area contributed by atoms with Crippen molar-refractivity contribution >= 4 is 17.2 Å². The molecule has 8 nitrogen and oxygen atoms in total. The zero-order chi connectivity index (χ0) is 20.1. The third kappa shape index (κ3) is 2.87. The lowest BCUT2D eigenvalue weighted by atomic mass is 9.80. The van der Waals surface area contributed by atoms with Crippen molar-refractivity contribution < 1.29 is 14.7 Å². The standard InChI is InChI=1S/C20H20N4O4/c1-20(2)6-8-23-11-14(16(25)17(26)15(23)18(20)27)19(28)21-10-12-9-13-5-3-4-7-24(13)22-12/h3-5,7,9,11,26H,6,8,10H2,1-2H3,(H,21,28). The molecule has 1 aliphatic rings. The number of ketones is 1. The molecule has 1 aliphatic heterocycles. The highest BCUT2D eigenvalue weighted by Crippen LogP contribution is 2.34. The van der Waals surface area contributed by atoms with Crippen LogP contribution < -0.4 is 10.7 Å². The first-order valence-electron chi connectivity index (χ1n) is 9.00. The Morgan fingerprint density at radius 2 is 2.11 bits per heavy atom. The number of aryl methyl sites for hydroxylation is 1. The second-order valence-corrected chi connectivity index (χ2v) is 7.61. The predicted molar refractivity (Wildman–Crippen MR) is 101 cm³/mol. The van der Waals surface area contributed by atoms with E-state index in [1.54, 1.807) is 24.6 Å². The van der Waals surface area contributed by atoms with Gasteiger partial charge < -0.3 is 15.0 Å². The number of nitrogens with one attached hydrogen (secondary N) is 1. The molecule has 0 spiro atoms. The SMILES string of the molecule is CC1(C)CCn2cc(C(=O)NCc3cc4ccccn4n3)c(=O)c(O)c2C1=O. The van der Waals surface area contributed by atoms with Crippen LogP contribution in [0.1, 0.15) is 46.8 Å². The molecule has 0 aliphatic carbocycles. The van der Waals surface area contributed by atoms with Crippen molar-refractivity contribution in [3.05, 3.63) is 63.8 Å². The molecular formula is C20H20N4O4. The van der Waals surface area contributed by atoms with Gasteiger partial charge in [-0.05, 0) is 24.6 Å². The Bertz CT molecular complexity index is 1140. The van der Waals surface area contributed by atoms with E-state index < -0.39 is 22.5 Å². The number of carbonyl (C=O) groups excluding carboxylic acids is 2. The topological polar surface area (TPSA) is 106 Å². The maximum atomic E-state index is 12.6. The van der Waals surface area contributed by atoms with E-state index in [9.17, 15) is 19.5 Å². The number of Topliss-reactive ketones (excluding diaryl/α,β-unsaturated/α-hetero) is 1. The Kier molecular flexibility index (Phi) is 4.06. The van der Waals surface area contributed by atoms with Gasteiger partial charge in [-0.15, -0.1) is 0 Å². The summed E-state index contributed by atoms with van der Waals surface area (Å²) in [5.41, 5.74) is -0.199. The highest BCUT2D eigenvalue weighted by molar-refractivity contribution is 6.02. The van der Waals surface area contributed by atoms with E-state index in [-0.39, 0.29) is 23.6 Å². The van der Waals surface area contributed by atoms with Crippen molar-refractivity contribution in [3.63, 3.8) is 0 Å². The number of rotatable bonds is 3. The summed E-state index contributed by atoms with van der Waals surface area (Å²) in [6.45, 7) is 4.12. The first-order chi connectivity index (χ1) is 13.3. The van der Waals surface area contributed by atoms with Crippen LogP contribution in [-0.2, 0) is 13.1 Å². The van der Waals surface area contributed by atoms with Crippen LogP contribution in [0.25, 0.3) is 5.52 Å². The highest BCUT2D eigenvalue weighted by Gasteiger charge is 2.37. The van der Waals surface area contributed by atoms with Gasteiger partial charge in [-0.1, -0.05) is 19.9 Å². The van der Waals surface area contributed by atoms with Gasteiger partial charge >= 0.3 is 0 Å². The molecule has 0 bridgehead atoms. The van der Waals surface area contributed by atoms with Crippen molar-refractivity contribution in [2.45, 2.75) is 33.4 Å². The number of hydrogen-bond acceptors (Lipinski definition) is 5. The molecular weight excluding hydrogens is 360 g/mol. The minimum atomic E-state index is -0.843. The van der Waals surface area contributed by atoms with Gasteiger partial charge in [-0.2, -0.15) is 5.10 Å². The lowest BCUT2D eigenvalue weighted by molar-refractivity contribution is 0.0769. The minimum absolute atomic E-state index is 0.0295. The Morgan fingerprint density at radius 3 is 2.86 bits per heavy atom. The molecule has 0 saturated heterocycles. The Hall–Kier alpha value is -3.42. The van der Waals surface area contributed by atoms with Crippen LogP contribution in [0.5, 0.6) is 5.75 Å². The summed E-state index contributed by atoms with van der Waals surface area (Å²) in [5, 5.41) is 17.3. The molecule has 0 fully saturated rings. The van der Waals surface area contributed by atoms with Gasteiger partial charge in [0.25, 0.3) is 5.91 Å². The first-order valence-corrected chi connectivity index (χ1v) is 9.00. The summed E-state index contributed by atoms with van der Waals surface area (Å²) in [7, 11) is 0. The number of fused-ring (bicyclic) bond motifs is 2. The Labute approximate surface area is 160 Å². The monoisotopic (exact) mass is 380 g/mol. The van der Waals surface area contributed by atoms with Crippen molar-refractivity contribution in [1.29, 1.82) is 0 Å². The lowest BCUT2D eigenvalue weighted by Crippen LogP contribution is -2.37. The highest BCUT2D eigenvalue weighted by atomic mass is 16.3. The van der Waals surface area contributed by atoms with E-state index >= 15 is 0 Å². The first kappa shape index (κ1) is 18.0. The minimum Gasteiger partial charge on any atom is -0.503 e. The van der Waals surface area contributed by atoms with Gasteiger partial charge in [0.2, 0.25) is 5.43 Å². The fourth-order valence-electron chi connectivity index (χ4n) is 3.40. The average molecular weight is 380 g/mol. The number of aromatic hydroxyl groups is 1. The molecule has 0 aromatic carbocycles. The van der Waals surface area contributed by atoms with Crippen LogP contribution in [0.4, 0.5) is 0 Å². The fraction of sp³-hybridized carbons (Fsp3) is 0.300. The molecule has 1 amide bonds. The molecule has 4 heterocycles. The number of aromatic nitrogens is 3. The molecule has 4 rings (SSSR count). The maximum absolute atomic E-state index is 12.6. The number of nitrogens with zero attached hydrogens (tertiary/aromatic N) is 3. The molecule has 2 N–H and O–H groups in total. The predicted octanol–water partition coefficient (Wildman–Crippen LogP) is 1.74. The molecule has 8 heteroatoms. The largest absolute Gasteiger partial charge is 0.503 e. The van der Waals surface area contributed by atoms with Crippen LogP contribution in [-0.4, -0.2) is 31.0 Å². The second kappa shape index (κ2) is 6.33. The normalized spacial score (nSPS) is 15.4. The van der Waals surface area contributed by atoms with E-state index in [1.165, 1.54) is 10.8 Å². The smallest absolute Gasteiger partial charge is 0.257 e. The molecule has 0 unspecified atom stereocenters. The van der Waals surface area contributed by atoms with Crippen LogP contribution in [0.2, 0.25) is 0 Å². The molecule has 0 atom stereocenters. The summed E-state index contributed by atoms with van der Waals surface area (Å²) >= 11 is 0. The summed E-state index contributed by atoms with van der Waals surface area (Å²) in [4.78, 5) is 37.6. The second-order valence-electron chi connectivity index (χ2n) is 7.61. The fourth-order valence-corrected chi connectivity index (χ4v) is 3.40. The van der Waals surface area contributed by atoms with E-state index in [4.69, 9.17) is 0 Å². The average Bonchev–Trinajstić information content (AvgIpc) is 3.08. The third-order valence-electron chi connectivity index (χ3n) is 5.16. The van der Waals surface area contributed by atoms with E-state index in [0.29, 0.717) is 18.7 Å². The van der Waals surface area contributed by atoms with Crippen molar-refractivity contribution in [2.75, 3.05) is 0 Å². The third-order valence-corrected chi connectivity index (χ3v) is 5.16. The number of hydrogen-bond donors (Lipinski definition) is 2. The summed E-state index contributed by atoms with van der Waals surface area (Å²) in [6.07, 6.45) is 3.71. The van der Waals surface area contributed by atoms with E-state index in [2.05, 4.69) is 10.4 Å². The molecule has 3 aromatic heterocycles. The number of amides is 1. The van der Waals surface area contributed by atoms with E-state index in [0.717, 1.165) is 5.52 Å². The van der Waals surface area contributed by atoms with Gasteiger partial charge in [0.15, 0.2) is 11.5 Å². The van der Waals surface area contributed by atoms with Crippen molar-refractivity contribution in [3.8, 4) is 5.75 Å². The van der Waals surface area contributed by atoms with Gasteiger partial charge in [-0.25, -0.2) is 4.52 Å². The summed E-state index contributed by atoms with van der Waals surface area (Å²) < 4.78 is 3.18. The van der Waals surface area contributed by atoms with Gasteiger partial charge in [0, 0.05) is 24.4 Å². The van der Waals surface area contributed by atoms with Crippen LogP contribution in [0.3, 0.4) is 0 Å². The molecule has 144 valence electrons. The van der Waals surface area contributed by atoms with Gasteiger partial charge in [0.1, 0.15) is 11.3 Å². The number of pyridine rings is 2. The lowest BCUT2D eigenvalue weighted by Gasteiger charge is -2.31. The van der Waals surface area contributed by atoms with Crippen LogP contribution >= 0.6 is 0 Å². The number of carbonyl (C=O) groups is 2. The Morgan fingerprint density at radius 1 is 1.32 bits per heavy atom. The maximum Gasteiger partial charge on any atom is 0.257 e. The molecule has 0 radical (unpaired) electrons. The van der Waals surface area contributed by atoms with Crippen LogP contribution in [0.15, 0.2) is 41.5 Å². The van der Waals surface area contributed by atoms with Crippen molar-refractivity contribution in [2.24, 2.45) is 5.41 Å². The molecule has 3 aromatic rings. The van der Waals surface area contributed by atoms with Crippen LogP contribution in [0, 0.1) is 5.41 Å². The summed E-state index contributed by atoms with van der Waals surface area (Å²) in [6, 6.07) is 7.46. The summed E-state index contributed by atoms with van der Waals surface area (Å²) in [5.74, 6) is -1.59. The quantitative estimate of drug-likeness (QED) is 0.720. The zero-order valence-corrected chi connectivity index (χ0v) is 15.6. The van der Waals surface area contributed by atoms with Gasteiger partial charge in [0.05, 0.1) is 17.8 Å².